The van der Waals surface area contributed by atoms with E-state index in [9.17, 15) is 18.0 Å². The molecule has 0 unspecified atom stereocenters. The zero-order valence-corrected chi connectivity index (χ0v) is 17.7. The molecule has 0 aromatic heterocycles. The minimum atomic E-state index is -3.96. The average Bonchev–Trinajstić information content (AvgIpc) is 2.71. The van der Waals surface area contributed by atoms with Gasteiger partial charge in [-0.25, -0.2) is 17.9 Å². The summed E-state index contributed by atoms with van der Waals surface area (Å²) >= 11 is 6.03. The SMILES string of the molecule is CC[C@H](C)NC(=O)COC(=O)c1ccc(Cl)c(S(=O)(=O)NCc2ccccc2)c1. The second-order valence-corrected chi connectivity index (χ2v) is 8.55. The first-order chi connectivity index (χ1) is 13.7. The van der Waals surface area contributed by atoms with Crippen molar-refractivity contribution in [3.8, 4) is 0 Å². The zero-order valence-electron chi connectivity index (χ0n) is 16.1. The third kappa shape index (κ3) is 6.85. The number of rotatable bonds is 9. The van der Waals surface area contributed by atoms with Crippen molar-refractivity contribution in [2.45, 2.75) is 37.8 Å². The maximum Gasteiger partial charge on any atom is 0.338 e. The highest BCUT2D eigenvalue weighted by Gasteiger charge is 2.21. The Balaban J connectivity index is 2.08. The molecule has 0 heterocycles. The Bertz CT molecular complexity index is 964. The van der Waals surface area contributed by atoms with E-state index in [1.54, 1.807) is 24.3 Å². The molecule has 2 aromatic carbocycles. The molecule has 0 saturated heterocycles. The van der Waals surface area contributed by atoms with Crippen LogP contribution in [0.4, 0.5) is 0 Å². The van der Waals surface area contributed by atoms with Crippen molar-refractivity contribution >= 4 is 33.5 Å². The number of ether oxygens (including phenoxy) is 1. The molecular weight excluding hydrogens is 416 g/mol. The molecule has 0 bridgehead atoms. The molecule has 7 nitrogen and oxygen atoms in total. The highest BCUT2D eigenvalue weighted by Crippen LogP contribution is 2.23. The van der Waals surface area contributed by atoms with Gasteiger partial charge in [-0.1, -0.05) is 48.9 Å². The monoisotopic (exact) mass is 438 g/mol. The van der Waals surface area contributed by atoms with Crippen LogP contribution in [0.1, 0.15) is 36.2 Å². The van der Waals surface area contributed by atoms with Crippen molar-refractivity contribution < 1.29 is 22.7 Å². The fraction of sp³-hybridized carbons (Fsp3) is 0.300. The Kier molecular flexibility index (Phi) is 8.19. The molecule has 0 aliphatic rings. The minimum absolute atomic E-state index is 0.0224. The van der Waals surface area contributed by atoms with Crippen LogP contribution in [0, 0.1) is 0 Å². The Hall–Kier alpha value is -2.42. The molecule has 2 rings (SSSR count). The molecular formula is C20H23ClN2O5S. The van der Waals surface area contributed by atoms with Crippen LogP contribution in [0.5, 0.6) is 0 Å². The summed E-state index contributed by atoms with van der Waals surface area (Å²) in [6.45, 7) is 3.36. The Morgan fingerprint density at radius 3 is 2.48 bits per heavy atom. The van der Waals surface area contributed by atoms with E-state index in [1.165, 1.54) is 12.1 Å². The predicted molar refractivity (Wildman–Crippen MR) is 110 cm³/mol. The van der Waals surface area contributed by atoms with E-state index < -0.39 is 28.5 Å². The third-order valence-corrected chi connectivity index (χ3v) is 6.00. The van der Waals surface area contributed by atoms with Gasteiger partial charge in [0, 0.05) is 12.6 Å². The van der Waals surface area contributed by atoms with E-state index >= 15 is 0 Å². The molecule has 156 valence electrons. The highest BCUT2D eigenvalue weighted by molar-refractivity contribution is 7.89. The molecule has 1 amide bonds. The Labute approximate surface area is 175 Å². The molecule has 0 spiro atoms. The molecule has 1 atom stereocenters. The molecule has 0 saturated carbocycles. The topological polar surface area (TPSA) is 102 Å². The van der Waals surface area contributed by atoms with Gasteiger partial charge in [0.1, 0.15) is 4.90 Å². The molecule has 0 fully saturated rings. The number of esters is 1. The molecule has 9 heteroatoms. The van der Waals surface area contributed by atoms with Gasteiger partial charge < -0.3 is 10.1 Å². The normalized spacial score (nSPS) is 12.2. The number of benzene rings is 2. The Morgan fingerprint density at radius 2 is 1.83 bits per heavy atom. The van der Waals surface area contributed by atoms with Crippen LogP contribution >= 0.6 is 11.6 Å². The molecule has 2 N–H and O–H groups in total. The summed E-state index contributed by atoms with van der Waals surface area (Å²) in [4.78, 5) is 23.7. The fourth-order valence-electron chi connectivity index (χ4n) is 2.32. The number of hydrogen-bond donors (Lipinski definition) is 2. The summed E-state index contributed by atoms with van der Waals surface area (Å²) in [7, 11) is -3.96. The fourth-order valence-corrected chi connectivity index (χ4v) is 3.86. The average molecular weight is 439 g/mol. The van der Waals surface area contributed by atoms with E-state index in [1.807, 2.05) is 19.9 Å². The van der Waals surface area contributed by atoms with Crippen molar-refractivity contribution in [3.63, 3.8) is 0 Å². The van der Waals surface area contributed by atoms with E-state index in [0.717, 1.165) is 18.1 Å². The summed E-state index contributed by atoms with van der Waals surface area (Å²) in [5, 5.41) is 2.64. The van der Waals surface area contributed by atoms with Gasteiger partial charge >= 0.3 is 5.97 Å². The van der Waals surface area contributed by atoms with Crippen LogP contribution in [0.2, 0.25) is 5.02 Å². The van der Waals surface area contributed by atoms with Crippen molar-refractivity contribution in [1.29, 1.82) is 0 Å². The predicted octanol–water partition coefficient (Wildman–Crippen LogP) is 2.89. The number of sulfonamides is 1. The van der Waals surface area contributed by atoms with Crippen molar-refractivity contribution in [2.75, 3.05) is 6.61 Å². The lowest BCUT2D eigenvalue weighted by Gasteiger charge is -2.12. The Morgan fingerprint density at radius 1 is 1.14 bits per heavy atom. The van der Waals surface area contributed by atoms with Crippen molar-refractivity contribution in [1.82, 2.24) is 10.0 Å². The number of carbonyl (C=O) groups excluding carboxylic acids is 2. The van der Waals surface area contributed by atoms with Gasteiger partial charge in [0.15, 0.2) is 6.61 Å². The molecule has 0 radical (unpaired) electrons. The lowest BCUT2D eigenvalue weighted by molar-refractivity contribution is -0.124. The van der Waals surface area contributed by atoms with Crippen LogP contribution in [0.15, 0.2) is 53.4 Å². The largest absolute Gasteiger partial charge is 0.452 e. The first-order valence-corrected chi connectivity index (χ1v) is 10.9. The molecule has 2 aromatic rings. The van der Waals surface area contributed by atoms with Gasteiger partial charge in [0.05, 0.1) is 10.6 Å². The van der Waals surface area contributed by atoms with Gasteiger partial charge in [-0.2, -0.15) is 0 Å². The van der Waals surface area contributed by atoms with Gasteiger partial charge in [-0.3, -0.25) is 4.79 Å². The second-order valence-electron chi connectivity index (χ2n) is 6.41. The van der Waals surface area contributed by atoms with Crippen LogP contribution in [-0.4, -0.2) is 32.9 Å². The van der Waals surface area contributed by atoms with Crippen LogP contribution in [0.3, 0.4) is 0 Å². The van der Waals surface area contributed by atoms with Gasteiger partial charge in [0.25, 0.3) is 5.91 Å². The smallest absolute Gasteiger partial charge is 0.338 e. The minimum Gasteiger partial charge on any atom is -0.452 e. The molecule has 29 heavy (non-hydrogen) atoms. The number of amides is 1. The summed E-state index contributed by atoms with van der Waals surface area (Å²) < 4.78 is 32.6. The summed E-state index contributed by atoms with van der Waals surface area (Å²) in [6.07, 6.45) is 0.744. The van der Waals surface area contributed by atoms with Crippen LogP contribution < -0.4 is 10.0 Å². The van der Waals surface area contributed by atoms with Gasteiger partial charge in [-0.05, 0) is 37.1 Å². The standard InChI is InChI=1S/C20H23ClN2O5S/c1-3-14(2)23-19(24)13-28-20(25)16-9-10-17(21)18(11-16)29(26,27)22-12-15-7-5-4-6-8-15/h4-11,14,22H,3,12-13H2,1-2H3,(H,23,24)/t14-/m0/s1. The molecule has 0 aliphatic carbocycles. The first kappa shape index (κ1) is 22.9. The summed E-state index contributed by atoms with van der Waals surface area (Å²) in [5.74, 6) is -1.25. The molecule has 0 aliphatic heterocycles. The maximum absolute atomic E-state index is 12.6. The van der Waals surface area contributed by atoms with Crippen LogP contribution in [-0.2, 0) is 26.1 Å². The third-order valence-electron chi connectivity index (χ3n) is 4.12. The van der Waals surface area contributed by atoms with E-state index in [4.69, 9.17) is 16.3 Å². The number of carbonyl (C=O) groups is 2. The number of hydrogen-bond acceptors (Lipinski definition) is 5. The number of nitrogens with one attached hydrogen (secondary N) is 2. The lowest BCUT2D eigenvalue weighted by atomic mass is 10.2. The lowest BCUT2D eigenvalue weighted by Crippen LogP contribution is -2.35. The van der Waals surface area contributed by atoms with Crippen LogP contribution in [0.25, 0.3) is 0 Å². The first-order valence-electron chi connectivity index (χ1n) is 9.02. The summed E-state index contributed by atoms with van der Waals surface area (Å²) in [5.41, 5.74) is 0.751. The zero-order chi connectivity index (χ0) is 21.4. The van der Waals surface area contributed by atoms with E-state index in [0.29, 0.717) is 0 Å². The quantitative estimate of drug-likeness (QED) is 0.586. The second kappa shape index (κ2) is 10.4. The maximum atomic E-state index is 12.6. The number of halogens is 1. The van der Waals surface area contributed by atoms with Gasteiger partial charge in [0.2, 0.25) is 10.0 Å². The van der Waals surface area contributed by atoms with Crippen molar-refractivity contribution in [3.05, 3.63) is 64.7 Å². The van der Waals surface area contributed by atoms with E-state index in [2.05, 4.69) is 10.0 Å². The van der Waals surface area contributed by atoms with Crippen molar-refractivity contribution in [2.24, 2.45) is 0 Å². The highest BCUT2D eigenvalue weighted by atomic mass is 35.5. The van der Waals surface area contributed by atoms with E-state index in [-0.39, 0.29) is 28.1 Å². The van der Waals surface area contributed by atoms with Gasteiger partial charge in [-0.15, -0.1) is 0 Å². The summed E-state index contributed by atoms with van der Waals surface area (Å²) in [6, 6.07) is 12.7.